The number of rotatable bonds is 7. The molecule has 0 saturated carbocycles. The van der Waals surface area contributed by atoms with Gasteiger partial charge in [-0.1, -0.05) is 13.0 Å². The molecule has 21 heavy (non-hydrogen) atoms. The molecule has 1 aromatic rings. The van der Waals surface area contributed by atoms with Gasteiger partial charge in [-0.2, -0.15) is 5.26 Å². The largest absolute Gasteiger partial charge is 0.491 e. The van der Waals surface area contributed by atoms with E-state index in [1.54, 1.807) is 0 Å². The van der Waals surface area contributed by atoms with E-state index in [9.17, 15) is 5.26 Å². The average molecular weight is 286 g/mol. The average Bonchev–Trinajstić information content (AvgIpc) is 2.92. The first-order valence-electron chi connectivity index (χ1n) is 8.01. The van der Waals surface area contributed by atoms with E-state index < -0.39 is 5.54 Å². The Kier molecular flexibility index (Phi) is 5.25. The van der Waals surface area contributed by atoms with Crippen molar-refractivity contribution in [1.29, 1.82) is 5.26 Å². The number of hydrogen-bond donors (Lipinski definition) is 1. The minimum absolute atomic E-state index is 0.0125. The molecule has 0 spiro atoms. The second-order valence-corrected chi connectivity index (χ2v) is 6.29. The van der Waals surface area contributed by atoms with Gasteiger partial charge >= 0.3 is 0 Å². The zero-order chi connectivity index (χ0) is 15.3. The molecule has 0 amide bonds. The second kappa shape index (κ2) is 6.95. The van der Waals surface area contributed by atoms with Gasteiger partial charge in [0.05, 0.1) is 12.2 Å². The Labute approximate surface area is 128 Å². The maximum Gasteiger partial charge on any atom is 0.119 e. The first-order valence-corrected chi connectivity index (χ1v) is 8.01. The number of nitriles is 1. The Morgan fingerprint density at radius 1 is 1.38 bits per heavy atom. The van der Waals surface area contributed by atoms with Gasteiger partial charge in [-0.05, 0) is 69.3 Å². The van der Waals surface area contributed by atoms with Crippen LogP contribution in [0.5, 0.6) is 5.75 Å². The van der Waals surface area contributed by atoms with Crippen molar-refractivity contribution in [1.82, 2.24) is 5.32 Å². The fourth-order valence-corrected chi connectivity index (χ4v) is 3.03. The van der Waals surface area contributed by atoms with Gasteiger partial charge in [0.1, 0.15) is 11.3 Å². The van der Waals surface area contributed by atoms with Gasteiger partial charge < -0.3 is 4.74 Å². The first kappa shape index (κ1) is 15.9. The second-order valence-electron chi connectivity index (χ2n) is 6.29. The fourth-order valence-electron chi connectivity index (χ4n) is 3.03. The zero-order valence-corrected chi connectivity index (χ0v) is 13.4. The van der Waals surface area contributed by atoms with Crippen LogP contribution in [0.3, 0.4) is 0 Å². The predicted molar refractivity (Wildman–Crippen MR) is 85.5 cm³/mol. The van der Waals surface area contributed by atoms with Crippen molar-refractivity contribution < 1.29 is 4.74 Å². The van der Waals surface area contributed by atoms with Crippen molar-refractivity contribution in [3.05, 3.63) is 29.3 Å². The fraction of sp³-hybridized carbons (Fsp3) is 0.611. The molecule has 0 heterocycles. The summed E-state index contributed by atoms with van der Waals surface area (Å²) in [6.07, 6.45) is 5.33. The van der Waals surface area contributed by atoms with Crippen LogP contribution < -0.4 is 10.1 Å². The van der Waals surface area contributed by atoms with Crippen molar-refractivity contribution in [2.45, 2.75) is 64.5 Å². The number of hydrogen-bond acceptors (Lipinski definition) is 3. The van der Waals surface area contributed by atoms with E-state index in [-0.39, 0.29) is 6.10 Å². The molecule has 2 rings (SSSR count). The van der Waals surface area contributed by atoms with E-state index in [0.717, 1.165) is 25.1 Å². The maximum absolute atomic E-state index is 9.39. The summed E-state index contributed by atoms with van der Waals surface area (Å²) in [5.41, 5.74) is 2.36. The molecule has 0 bridgehead atoms. The lowest BCUT2D eigenvalue weighted by molar-refractivity contribution is 0.179. The topological polar surface area (TPSA) is 45.0 Å². The molecule has 3 heteroatoms. The number of benzene rings is 1. The summed E-state index contributed by atoms with van der Waals surface area (Å²) < 4.78 is 6.03. The third-order valence-electron chi connectivity index (χ3n) is 4.11. The molecule has 2 unspecified atom stereocenters. The highest BCUT2D eigenvalue weighted by Gasteiger charge is 2.26. The minimum Gasteiger partial charge on any atom is -0.491 e. The lowest BCUT2D eigenvalue weighted by atomic mass is 9.96. The van der Waals surface area contributed by atoms with E-state index in [0.29, 0.717) is 6.42 Å². The highest BCUT2D eigenvalue weighted by atomic mass is 16.5. The van der Waals surface area contributed by atoms with Crippen LogP contribution in [-0.2, 0) is 12.8 Å². The summed E-state index contributed by atoms with van der Waals surface area (Å²) in [5, 5.41) is 12.7. The van der Waals surface area contributed by atoms with Crippen LogP contribution in [0.2, 0.25) is 0 Å². The Bertz CT molecular complexity index is 520. The van der Waals surface area contributed by atoms with E-state index in [1.165, 1.54) is 24.0 Å². The lowest BCUT2D eigenvalue weighted by Gasteiger charge is -2.27. The number of aryl methyl sites for hydroxylation is 2. The number of fused-ring (bicyclic) bond motifs is 1. The van der Waals surface area contributed by atoms with Gasteiger partial charge in [0.2, 0.25) is 0 Å². The molecule has 2 atom stereocenters. The smallest absolute Gasteiger partial charge is 0.119 e. The summed E-state index contributed by atoms with van der Waals surface area (Å²) in [6, 6.07) is 8.79. The Morgan fingerprint density at radius 2 is 2.14 bits per heavy atom. The monoisotopic (exact) mass is 286 g/mol. The molecule has 0 aliphatic heterocycles. The quantitative estimate of drug-likeness (QED) is 0.832. The Hall–Kier alpha value is -1.53. The van der Waals surface area contributed by atoms with Gasteiger partial charge in [-0.25, -0.2) is 0 Å². The van der Waals surface area contributed by atoms with Crippen LogP contribution in [0.15, 0.2) is 18.2 Å². The summed E-state index contributed by atoms with van der Waals surface area (Å²) in [5.74, 6) is 0.930. The molecule has 114 valence electrons. The van der Waals surface area contributed by atoms with E-state index in [4.69, 9.17) is 4.74 Å². The molecule has 1 N–H and O–H groups in total. The molecular weight excluding hydrogens is 260 g/mol. The van der Waals surface area contributed by atoms with Gasteiger partial charge in [-0.15, -0.1) is 0 Å². The predicted octanol–water partition coefficient (Wildman–Crippen LogP) is 3.61. The number of nitrogens with zero attached hydrogens (tertiary/aromatic N) is 1. The number of ether oxygens (including phenoxy) is 1. The third kappa shape index (κ3) is 4.22. The van der Waals surface area contributed by atoms with Crippen LogP contribution >= 0.6 is 0 Å². The minimum atomic E-state index is -0.522. The molecule has 0 fully saturated rings. The van der Waals surface area contributed by atoms with Crippen LogP contribution in [0.4, 0.5) is 0 Å². The summed E-state index contributed by atoms with van der Waals surface area (Å²) >= 11 is 0. The zero-order valence-electron chi connectivity index (χ0n) is 13.4. The molecule has 0 radical (unpaired) electrons. The molecule has 1 aromatic carbocycles. The van der Waals surface area contributed by atoms with E-state index in [2.05, 4.69) is 36.5 Å². The first-order chi connectivity index (χ1) is 10.1. The van der Waals surface area contributed by atoms with E-state index >= 15 is 0 Å². The molecule has 3 nitrogen and oxygen atoms in total. The van der Waals surface area contributed by atoms with Crippen molar-refractivity contribution in [3.63, 3.8) is 0 Å². The van der Waals surface area contributed by atoms with Crippen molar-refractivity contribution >= 4 is 0 Å². The lowest BCUT2D eigenvalue weighted by Crippen LogP contribution is -2.44. The highest BCUT2D eigenvalue weighted by Crippen LogP contribution is 2.27. The maximum atomic E-state index is 9.39. The number of nitrogens with one attached hydrogen (secondary N) is 1. The molecule has 0 aromatic heterocycles. The highest BCUT2D eigenvalue weighted by molar-refractivity contribution is 5.38. The van der Waals surface area contributed by atoms with Crippen molar-refractivity contribution in [2.75, 3.05) is 6.54 Å². The van der Waals surface area contributed by atoms with E-state index in [1.807, 2.05) is 13.8 Å². The van der Waals surface area contributed by atoms with Crippen LogP contribution in [0, 0.1) is 11.3 Å². The van der Waals surface area contributed by atoms with Gasteiger partial charge in [0.25, 0.3) is 0 Å². The van der Waals surface area contributed by atoms with Gasteiger partial charge in [0.15, 0.2) is 0 Å². The molecule has 0 saturated heterocycles. The summed E-state index contributed by atoms with van der Waals surface area (Å²) in [4.78, 5) is 0. The van der Waals surface area contributed by atoms with Gasteiger partial charge in [-0.3, -0.25) is 5.32 Å². The Balaban J connectivity index is 1.95. The van der Waals surface area contributed by atoms with Crippen LogP contribution in [-0.4, -0.2) is 18.2 Å². The third-order valence-corrected chi connectivity index (χ3v) is 4.11. The molecular formula is C18H26N2O. The molecule has 1 aliphatic rings. The summed E-state index contributed by atoms with van der Waals surface area (Å²) in [6.45, 7) is 6.95. The van der Waals surface area contributed by atoms with Crippen molar-refractivity contribution in [3.8, 4) is 11.8 Å². The van der Waals surface area contributed by atoms with Crippen molar-refractivity contribution in [2.24, 2.45) is 0 Å². The van der Waals surface area contributed by atoms with Crippen LogP contribution in [0.25, 0.3) is 0 Å². The SMILES string of the molecule is CCCNC(C)(C#N)CC(C)Oc1ccc2c(c1)CCC2. The Morgan fingerprint density at radius 3 is 2.86 bits per heavy atom. The molecule has 1 aliphatic carbocycles. The summed E-state index contributed by atoms with van der Waals surface area (Å²) in [7, 11) is 0. The normalized spacial score (nSPS) is 17.6. The van der Waals surface area contributed by atoms with Gasteiger partial charge in [0, 0.05) is 6.42 Å². The standard InChI is InChI=1S/C18H26N2O/c1-4-10-20-18(3,13-19)12-14(2)21-17-9-8-15-6-5-7-16(15)11-17/h8-9,11,14,20H,4-7,10,12H2,1-3H3. The van der Waals surface area contributed by atoms with Crippen LogP contribution in [0.1, 0.15) is 51.2 Å².